The summed E-state index contributed by atoms with van der Waals surface area (Å²) in [4.78, 5) is 29.1. The number of hydrogen-bond acceptors (Lipinski definition) is 4. The summed E-state index contributed by atoms with van der Waals surface area (Å²) in [6.45, 7) is 4.14. The smallest absolute Gasteiger partial charge is 0.224 e. The predicted octanol–water partition coefficient (Wildman–Crippen LogP) is 2.02. The van der Waals surface area contributed by atoms with Gasteiger partial charge in [-0.25, -0.2) is 0 Å². The van der Waals surface area contributed by atoms with Crippen LogP contribution in [-0.2, 0) is 9.59 Å². The molecule has 0 bridgehead atoms. The molecule has 1 aliphatic rings. The van der Waals surface area contributed by atoms with Crippen LogP contribution in [-0.4, -0.2) is 32.7 Å². The summed E-state index contributed by atoms with van der Waals surface area (Å²) < 4.78 is 0. The summed E-state index contributed by atoms with van der Waals surface area (Å²) in [5, 5.41) is 0.154. The summed E-state index contributed by atoms with van der Waals surface area (Å²) in [7, 11) is 0. The number of rotatable bonds is 3. The van der Waals surface area contributed by atoms with Crippen LogP contribution in [0.25, 0.3) is 0 Å². The van der Waals surface area contributed by atoms with Gasteiger partial charge in [0.05, 0.1) is 11.7 Å². The van der Waals surface area contributed by atoms with Crippen molar-refractivity contribution in [3.05, 3.63) is 30.1 Å². The van der Waals surface area contributed by atoms with Crippen molar-refractivity contribution in [2.45, 2.75) is 31.6 Å². The van der Waals surface area contributed by atoms with Gasteiger partial charge in [0.25, 0.3) is 0 Å². The van der Waals surface area contributed by atoms with Crippen molar-refractivity contribution in [2.75, 3.05) is 6.54 Å². The van der Waals surface area contributed by atoms with Gasteiger partial charge in [-0.05, 0) is 19.1 Å². The summed E-state index contributed by atoms with van der Waals surface area (Å²) >= 11 is 1.26. The van der Waals surface area contributed by atoms with E-state index in [4.69, 9.17) is 0 Å². The molecule has 1 aromatic heterocycles. The maximum Gasteiger partial charge on any atom is 0.224 e. The van der Waals surface area contributed by atoms with Crippen LogP contribution in [0, 0.1) is 0 Å². The van der Waals surface area contributed by atoms with Crippen molar-refractivity contribution in [2.24, 2.45) is 0 Å². The number of carbonyl (C=O) groups excluding carboxylic acids is 2. The summed E-state index contributed by atoms with van der Waals surface area (Å²) in [5.41, 5.74) is 0.888. The first-order chi connectivity index (χ1) is 8.58. The Balaban J connectivity index is 2.06. The molecular formula is C13H16N2O2S. The fourth-order valence-corrected chi connectivity index (χ4v) is 3.10. The molecule has 1 fully saturated rings. The maximum atomic E-state index is 12.0. The Kier molecular flexibility index (Phi) is 4.01. The molecule has 1 aliphatic heterocycles. The third-order valence-electron chi connectivity index (χ3n) is 3.04. The van der Waals surface area contributed by atoms with E-state index in [1.165, 1.54) is 11.8 Å². The van der Waals surface area contributed by atoms with Crippen LogP contribution in [0.15, 0.2) is 24.4 Å². The minimum atomic E-state index is -0.0312. The molecule has 0 aliphatic carbocycles. The van der Waals surface area contributed by atoms with Crippen LogP contribution >= 0.6 is 11.8 Å². The monoisotopic (exact) mass is 264 g/mol. The number of thioether (sulfide) groups is 1. The lowest BCUT2D eigenvalue weighted by molar-refractivity contribution is -0.129. The number of aromatic nitrogens is 1. The minimum Gasteiger partial charge on any atom is -0.333 e. The van der Waals surface area contributed by atoms with Gasteiger partial charge < -0.3 is 4.90 Å². The highest BCUT2D eigenvalue weighted by atomic mass is 32.2. The van der Waals surface area contributed by atoms with Gasteiger partial charge >= 0.3 is 0 Å². The fraction of sp³-hybridized carbons (Fsp3) is 0.462. The maximum absolute atomic E-state index is 12.0. The molecule has 5 heteroatoms. The van der Waals surface area contributed by atoms with Crippen molar-refractivity contribution in [1.29, 1.82) is 0 Å². The second kappa shape index (κ2) is 5.52. The number of carbonyl (C=O) groups is 2. The Labute approximate surface area is 111 Å². The molecule has 1 saturated heterocycles. The van der Waals surface area contributed by atoms with E-state index in [-0.39, 0.29) is 22.3 Å². The van der Waals surface area contributed by atoms with Crippen LogP contribution in [0.5, 0.6) is 0 Å². The number of nitrogens with zero attached hydrogens (tertiary/aromatic N) is 2. The molecule has 1 aromatic rings. The van der Waals surface area contributed by atoms with Gasteiger partial charge in [0.15, 0.2) is 5.12 Å². The lowest BCUT2D eigenvalue weighted by Crippen LogP contribution is -2.29. The lowest BCUT2D eigenvalue weighted by Gasteiger charge is -2.24. The molecule has 2 unspecified atom stereocenters. The van der Waals surface area contributed by atoms with Gasteiger partial charge in [-0.1, -0.05) is 17.8 Å². The number of likely N-dealkylation sites (tertiary alicyclic amines) is 1. The second-order valence-electron chi connectivity index (χ2n) is 4.41. The molecule has 2 heterocycles. The average molecular weight is 264 g/mol. The van der Waals surface area contributed by atoms with E-state index in [9.17, 15) is 9.59 Å². The van der Waals surface area contributed by atoms with E-state index in [0.717, 1.165) is 5.69 Å². The van der Waals surface area contributed by atoms with Crippen molar-refractivity contribution in [1.82, 2.24) is 9.88 Å². The predicted molar refractivity (Wildman–Crippen MR) is 71.0 cm³/mol. The SMILES string of the molecule is CC(=O)SC1CC(=O)N(C(C)c2ccccn2)C1. The normalized spacial score (nSPS) is 21.1. The molecule has 0 spiro atoms. The quantitative estimate of drug-likeness (QED) is 0.838. The molecule has 0 N–H and O–H groups in total. The Bertz CT molecular complexity index is 450. The molecule has 2 atom stereocenters. The van der Waals surface area contributed by atoms with E-state index < -0.39 is 0 Å². The van der Waals surface area contributed by atoms with Crippen LogP contribution < -0.4 is 0 Å². The fourth-order valence-electron chi connectivity index (χ4n) is 2.17. The zero-order valence-corrected chi connectivity index (χ0v) is 11.3. The third-order valence-corrected chi connectivity index (χ3v) is 4.02. The summed E-state index contributed by atoms with van der Waals surface area (Å²) in [5.74, 6) is 0.104. The van der Waals surface area contributed by atoms with Crippen molar-refractivity contribution >= 4 is 22.8 Å². The zero-order valence-electron chi connectivity index (χ0n) is 10.5. The molecule has 96 valence electrons. The highest BCUT2D eigenvalue weighted by molar-refractivity contribution is 8.14. The number of amides is 1. The number of hydrogen-bond donors (Lipinski definition) is 0. The molecule has 1 amide bonds. The standard InChI is InChI=1S/C13H16N2O2S/c1-9(12-5-3-4-6-14-12)15-8-11(7-13(15)17)18-10(2)16/h3-6,9,11H,7-8H2,1-2H3. The van der Waals surface area contributed by atoms with Crippen LogP contribution in [0.4, 0.5) is 0 Å². The Morgan fingerprint density at radius 3 is 2.94 bits per heavy atom. The Hall–Kier alpha value is -1.36. The highest BCUT2D eigenvalue weighted by Gasteiger charge is 2.34. The second-order valence-corrected chi connectivity index (χ2v) is 5.89. The first kappa shape index (κ1) is 13.1. The molecule has 0 radical (unpaired) electrons. The van der Waals surface area contributed by atoms with Gasteiger partial charge in [-0.2, -0.15) is 0 Å². The van der Waals surface area contributed by atoms with Crippen molar-refractivity contribution in [3.8, 4) is 0 Å². The summed E-state index contributed by atoms with van der Waals surface area (Å²) in [6.07, 6.45) is 2.18. The van der Waals surface area contributed by atoms with Crippen molar-refractivity contribution < 1.29 is 9.59 Å². The van der Waals surface area contributed by atoms with Crippen LogP contribution in [0.3, 0.4) is 0 Å². The van der Waals surface area contributed by atoms with Gasteiger partial charge in [0.2, 0.25) is 5.91 Å². The zero-order chi connectivity index (χ0) is 13.1. The molecule has 18 heavy (non-hydrogen) atoms. The lowest BCUT2D eigenvalue weighted by atomic mass is 10.2. The first-order valence-corrected chi connectivity index (χ1v) is 6.83. The first-order valence-electron chi connectivity index (χ1n) is 5.95. The van der Waals surface area contributed by atoms with Crippen LogP contribution in [0.2, 0.25) is 0 Å². The van der Waals surface area contributed by atoms with E-state index in [0.29, 0.717) is 13.0 Å². The largest absolute Gasteiger partial charge is 0.333 e. The molecule has 0 aromatic carbocycles. The minimum absolute atomic E-state index is 0.0312. The van der Waals surface area contributed by atoms with E-state index in [2.05, 4.69) is 4.98 Å². The Morgan fingerprint density at radius 1 is 1.56 bits per heavy atom. The van der Waals surface area contributed by atoms with E-state index >= 15 is 0 Å². The summed E-state index contributed by atoms with van der Waals surface area (Å²) in [6, 6.07) is 5.66. The van der Waals surface area contributed by atoms with Gasteiger partial charge in [-0.3, -0.25) is 14.6 Å². The van der Waals surface area contributed by atoms with Gasteiger partial charge in [0, 0.05) is 31.3 Å². The van der Waals surface area contributed by atoms with Gasteiger partial charge in [0.1, 0.15) is 0 Å². The van der Waals surface area contributed by atoms with E-state index in [1.807, 2.05) is 30.0 Å². The van der Waals surface area contributed by atoms with E-state index in [1.54, 1.807) is 13.1 Å². The third kappa shape index (κ3) is 2.90. The Morgan fingerprint density at radius 2 is 2.33 bits per heavy atom. The highest BCUT2D eigenvalue weighted by Crippen LogP contribution is 2.30. The molecule has 2 rings (SSSR count). The molecule has 4 nitrogen and oxygen atoms in total. The topological polar surface area (TPSA) is 50.3 Å². The van der Waals surface area contributed by atoms with Gasteiger partial charge in [-0.15, -0.1) is 0 Å². The van der Waals surface area contributed by atoms with Crippen LogP contribution in [0.1, 0.15) is 32.0 Å². The average Bonchev–Trinajstić information content (AvgIpc) is 2.69. The molecular weight excluding hydrogens is 248 g/mol. The molecule has 0 saturated carbocycles. The van der Waals surface area contributed by atoms with Crippen molar-refractivity contribution in [3.63, 3.8) is 0 Å². The number of pyridine rings is 1.